The molecule has 0 fully saturated rings. The van der Waals surface area contributed by atoms with Crippen molar-refractivity contribution in [2.24, 2.45) is 0 Å². The third-order valence-corrected chi connectivity index (χ3v) is 9.49. The van der Waals surface area contributed by atoms with Crippen LogP contribution in [0.25, 0.3) is 22.9 Å². The summed E-state index contributed by atoms with van der Waals surface area (Å²) in [7, 11) is 0. The first-order valence-electron chi connectivity index (χ1n) is 19.5. The van der Waals surface area contributed by atoms with Gasteiger partial charge in [0.25, 0.3) is 0 Å². The summed E-state index contributed by atoms with van der Waals surface area (Å²) < 4.78 is 0. The van der Waals surface area contributed by atoms with Gasteiger partial charge in [0.05, 0.1) is 0 Å². The van der Waals surface area contributed by atoms with E-state index in [4.69, 9.17) is 22.9 Å². The van der Waals surface area contributed by atoms with E-state index in [1.807, 2.05) is 0 Å². The predicted octanol–water partition coefficient (Wildman–Crippen LogP) is 18.5. The van der Waals surface area contributed by atoms with Gasteiger partial charge in [-0.15, -0.1) is 22.7 Å². The second-order valence-electron chi connectivity index (χ2n) is 16.5. The molecule has 0 bridgehead atoms. The molecule has 0 amide bonds. The third-order valence-electron chi connectivity index (χ3n) is 9.49. The summed E-state index contributed by atoms with van der Waals surface area (Å²) in [5.74, 6) is 3.60. The summed E-state index contributed by atoms with van der Waals surface area (Å²) in [5.41, 5.74) is 44.2. The van der Waals surface area contributed by atoms with Crippen molar-refractivity contribution in [1.82, 2.24) is 0 Å². The van der Waals surface area contributed by atoms with Crippen molar-refractivity contribution in [2.75, 3.05) is 0 Å². The molecule has 4 rings (SSSR count). The van der Waals surface area contributed by atoms with E-state index < -0.39 is 0 Å². The zero-order chi connectivity index (χ0) is 40.0. The molecular weight excluding hydrogens is 806 g/mol. The van der Waals surface area contributed by atoms with Crippen LogP contribution in [-0.2, 0) is 0 Å². The molecule has 4 N–H and O–H groups in total. The van der Waals surface area contributed by atoms with Gasteiger partial charge in [0.2, 0.25) is 0 Å². The molecular formula is C48H72N4Yb-4. The molecule has 4 aromatic carbocycles. The number of hydrogen-bond donors (Lipinski definition) is 0. The minimum Gasteiger partial charge on any atom is -0.698 e. The van der Waals surface area contributed by atoms with Gasteiger partial charge in [0.15, 0.2) is 0 Å². The van der Waals surface area contributed by atoms with Gasteiger partial charge >= 0.3 is 0 Å². The molecule has 0 spiro atoms. The van der Waals surface area contributed by atoms with Crippen LogP contribution in [0.3, 0.4) is 0 Å². The van der Waals surface area contributed by atoms with E-state index >= 15 is 0 Å². The molecule has 0 aromatic heterocycles. The molecule has 0 aliphatic carbocycles. The summed E-state index contributed by atoms with van der Waals surface area (Å²) in [6.07, 6.45) is 0. The molecule has 5 heteroatoms. The summed E-state index contributed by atoms with van der Waals surface area (Å²) in [4.78, 5) is 0. The van der Waals surface area contributed by atoms with Crippen LogP contribution < -0.4 is 0 Å². The first-order chi connectivity index (χ1) is 24.1. The van der Waals surface area contributed by atoms with E-state index in [1.165, 1.54) is 0 Å². The van der Waals surface area contributed by atoms with E-state index in [9.17, 15) is 0 Å². The second kappa shape index (κ2) is 24.2. The Morgan fingerprint density at radius 3 is 0.415 bits per heavy atom. The van der Waals surface area contributed by atoms with E-state index in [1.54, 1.807) is 0 Å². The van der Waals surface area contributed by atoms with Gasteiger partial charge in [0.1, 0.15) is 0 Å². The Balaban J connectivity index is 0.000000676. The SMILES string of the molecule is CC(C)c1cccc(C(C)C)c1[NH-].CC(C)c1cccc(C(C)C)c1[NH-].CC(C)c1cccc(C(C)C)c1[NH-].CC(C)c1cccc(C(C)C)c1[NH-].[Yb]. The average Bonchev–Trinajstić information content (AvgIpc) is 3.05. The van der Waals surface area contributed by atoms with Crippen molar-refractivity contribution in [2.45, 2.75) is 158 Å². The maximum absolute atomic E-state index is 8.01. The molecule has 0 radical (unpaired) electrons. The Bertz CT molecular complexity index is 1300. The molecule has 0 aliphatic heterocycles. The average molecular weight is 878 g/mol. The van der Waals surface area contributed by atoms with Crippen LogP contribution in [-0.4, -0.2) is 0 Å². The van der Waals surface area contributed by atoms with Gasteiger partial charge < -0.3 is 22.9 Å². The van der Waals surface area contributed by atoms with Crippen LogP contribution in [0.4, 0.5) is 22.7 Å². The van der Waals surface area contributed by atoms with Gasteiger partial charge in [-0.2, -0.15) is 0 Å². The quantitative estimate of drug-likeness (QED) is 0.169. The molecule has 0 saturated heterocycles. The van der Waals surface area contributed by atoms with Gasteiger partial charge in [-0.3, -0.25) is 0 Å². The van der Waals surface area contributed by atoms with Crippen LogP contribution in [0, 0.1) is 46.9 Å². The second-order valence-corrected chi connectivity index (χ2v) is 16.5. The molecule has 0 unspecified atom stereocenters. The van der Waals surface area contributed by atoms with E-state index in [0.29, 0.717) is 47.3 Å². The summed E-state index contributed by atoms with van der Waals surface area (Å²) in [5, 5.41) is 0. The van der Waals surface area contributed by atoms with Crippen LogP contribution in [0.1, 0.15) is 203 Å². The van der Waals surface area contributed by atoms with Crippen molar-refractivity contribution in [3.8, 4) is 0 Å². The molecule has 0 aliphatic rings. The third kappa shape index (κ3) is 15.3. The predicted molar refractivity (Wildman–Crippen MR) is 234 cm³/mol. The van der Waals surface area contributed by atoms with Gasteiger partial charge in [-0.05, 0) is 47.3 Å². The number of nitrogens with one attached hydrogen (secondary N) is 4. The van der Waals surface area contributed by atoms with E-state index in [0.717, 1.165) is 67.3 Å². The normalized spacial score (nSPS) is 11.0. The van der Waals surface area contributed by atoms with Gasteiger partial charge in [-0.1, -0.05) is 228 Å². The van der Waals surface area contributed by atoms with Crippen molar-refractivity contribution in [3.05, 3.63) is 140 Å². The van der Waals surface area contributed by atoms with Crippen LogP contribution >= 0.6 is 0 Å². The molecule has 302 valence electrons. The molecule has 4 nitrogen and oxygen atoms in total. The van der Waals surface area contributed by atoms with Crippen molar-refractivity contribution in [1.29, 1.82) is 0 Å². The monoisotopic (exact) mass is 879 g/mol. The fourth-order valence-corrected chi connectivity index (χ4v) is 6.20. The standard InChI is InChI=1S/4C12H18N.Yb/c4*1-8(2)10-6-5-7-11(9(3)4)12(10)13;/h4*5-9,13H,1-4H3;/q4*-1;. The largest absolute Gasteiger partial charge is 0.698 e. The van der Waals surface area contributed by atoms with Gasteiger partial charge in [-0.25, -0.2) is 0 Å². The van der Waals surface area contributed by atoms with E-state index in [2.05, 4.69) is 184 Å². The fourth-order valence-electron chi connectivity index (χ4n) is 6.20. The van der Waals surface area contributed by atoms with E-state index in [-0.39, 0.29) is 46.9 Å². The zero-order valence-corrected chi connectivity index (χ0v) is 37.5. The fraction of sp³-hybridized carbons (Fsp3) is 0.500. The van der Waals surface area contributed by atoms with Crippen LogP contribution in [0.15, 0.2) is 72.8 Å². The first-order valence-corrected chi connectivity index (χ1v) is 19.5. The maximum Gasteiger partial charge on any atom is 0 e. The minimum absolute atomic E-state index is 0. The zero-order valence-electron chi connectivity index (χ0n) is 35.8. The topological polar surface area (TPSA) is 95.2 Å². The molecule has 0 saturated carbocycles. The Labute approximate surface area is 364 Å². The summed E-state index contributed by atoms with van der Waals surface area (Å²) >= 11 is 0. The van der Waals surface area contributed by atoms with Crippen LogP contribution in [0.2, 0.25) is 0 Å². The molecule has 53 heavy (non-hydrogen) atoms. The number of rotatable bonds is 8. The molecule has 0 heterocycles. The Hall–Kier alpha value is -2.40. The summed E-state index contributed by atoms with van der Waals surface area (Å²) in [6, 6.07) is 24.7. The van der Waals surface area contributed by atoms with Gasteiger partial charge in [0, 0.05) is 46.9 Å². The Morgan fingerprint density at radius 1 is 0.245 bits per heavy atom. The first kappa shape index (κ1) is 50.6. The maximum atomic E-state index is 8.01. The van der Waals surface area contributed by atoms with Crippen molar-refractivity contribution >= 4 is 22.7 Å². The molecule has 0 atom stereocenters. The number of benzene rings is 4. The Morgan fingerprint density at radius 2 is 0.340 bits per heavy atom. The Kier molecular flexibility index (Phi) is 23.1. The smallest absolute Gasteiger partial charge is 0 e. The van der Waals surface area contributed by atoms with Crippen molar-refractivity contribution in [3.63, 3.8) is 0 Å². The minimum atomic E-state index is 0. The number of hydrogen-bond acceptors (Lipinski definition) is 0. The van der Waals surface area contributed by atoms with Crippen molar-refractivity contribution < 1.29 is 46.9 Å². The molecule has 4 aromatic rings. The van der Waals surface area contributed by atoms with Crippen LogP contribution in [0.5, 0.6) is 0 Å². The summed E-state index contributed by atoms with van der Waals surface area (Å²) in [6.45, 7) is 34.2.